The molecule has 4 heteroatoms. The van der Waals surface area contributed by atoms with Gasteiger partial charge >= 0.3 is 0 Å². The second kappa shape index (κ2) is 8.26. The summed E-state index contributed by atoms with van der Waals surface area (Å²) >= 11 is 0. The fourth-order valence-electron chi connectivity index (χ4n) is 3.77. The fourth-order valence-corrected chi connectivity index (χ4v) is 3.77. The van der Waals surface area contributed by atoms with Gasteiger partial charge in [-0.15, -0.1) is 0 Å². The number of aryl methyl sites for hydroxylation is 1. The van der Waals surface area contributed by atoms with Gasteiger partial charge in [-0.25, -0.2) is 0 Å². The van der Waals surface area contributed by atoms with Crippen molar-refractivity contribution in [3.05, 3.63) is 78.1 Å². The van der Waals surface area contributed by atoms with Gasteiger partial charge in [-0.05, 0) is 72.4 Å². The Morgan fingerprint density at radius 3 is 2.71 bits per heavy atom. The number of hydrogen-bond acceptors (Lipinski definition) is 3. The smallest absolute Gasteiger partial charge is 0.227 e. The maximum atomic E-state index is 12.9. The Morgan fingerprint density at radius 2 is 1.89 bits per heavy atom. The van der Waals surface area contributed by atoms with Crippen molar-refractivity contribution in [2.75, 3.05) is 18.1 Å². The highest BCUT2D eigenvalue weighted by Gasteiger charge is 2.24. The van der Waals surface area contributed by atoms with Crippen molar-refractivity contribution < 1.29 is 9.53 Å². The molecular formula is C24H24N2O2. The molecule has 1 aliphatic heterocycles. The molecule has 1 aromatic heterocycles. The third-order valence-electron chi connectivity index (χ3n) is 5.17. The van der Waals surface area contributed by atoms with Crippen LogP contribution in [0.25, 0.3) is 11.1 Å². The van der Waals surface area contributed by atoms with Gasteiger partial charge in [-0.3, -0.25) is 9.78 Å². The Labute approximate surface area is 165 Å². The maximum Gasteiger partial charge on any atom is 0.227 e. The highest BCUT2D eigenvalue weighted by Crippen LogP contribution is 2.33. The van der Waals surface area contributed by atoms with Crippen molar-refractivity contribution >= 4 is 11.6 Å². The number of para-hydroxylation sites is 1. The Balaban J connectivity index is 1.46. The van der Waals surface area contributed by atoms with Crippen LogP contribution < -0.4 is 9.64 Å². The first kappa shape index (κ1) is 18.2. The van der Waals surface area contributed by atoms with Gasteiger partial charge in [0, 0.05) is 31.0 Å². The summed E-state index contributed by atoms with van der Waals surface area (Å²) in [6.07, 6.45) is 5.68. The Hall–Kier alpha value is -3.14. The molecule has 0 unspecified atom stereocenters. The molecule has 4 rings (SSSR count). The summed E-state index contributed by atoms with van der Waals surface area (Å²) in [5, 5.41) is 0. The predicted octanol–water partition coefficient (Wildman–Crippen LogP) is 4.67. The molecule has 3 aromatic rings. The monoisotopic (exact) mass is 372 g/mol. The quantitative estimate of drug-likeness (QED) is 0.631. The van der Waals surface area contributed by atoms with Crippen LogP contribution in [-0.4, -0.2) is 24.0 Å². The van der Waals surface area contributed by atoms with E-state index >= 15 is 0 Å². The Bertz CT molecular complexity index is 969. The van der Waals surface area contributed by atoms with Crippen LogP contribution >= 0.6 is 0 Å². The fraction of sp³-hybridized carbons (Fsp3) is 0.250. The minimum Gasteiger partial charge on any atom is -0.494 e. The number of pyridine rings is 1. The molecule has 0 bridgehead atoms. The molecule has 4 nitrogen and oxygen atoms in total. The van der Waals surface area contributed by atoms with Crippen molar-refractivity contribution in [3.63, 3.8) is 0 Å². The van der Waals surface area contributed by atoms with Crippen LogP contribution in [0.5, 0.6) is 5.75 Å². The van der Waals surface area contributed by atoms with Crippen LogP contribution in [0.15, 0.2) is 67.0 Å². The first-order chi connectivity index (χ1) is 13.8. The topological polar surface area (TPSA) is 42.4 Å². The van der Waals surface area contributed by atoms with Gasteiger partial charge in [0.2, 0.25) is 5.91 Å². The van der Waals surface area contributed by atoms with Crippen molar-refractivity contribution in [2.24, 2.45) is 0 Å². The largest absolute Gasteiger partial charge is 0.494 e. The van der Waals surface area contributed by atoms with Crippen LogP contribution in [0.3, 0.4) is 0 Å². The first-order valence-corrected chi connectivity index (χ1v) is 9.80. The van der Waals surface area contributed by atoms with Gasteiger partial charge < -0.3 is 9.64 Å². The summed E-state index contributed by atoms with van der Waals surface area (Å²) in [6, 6.07) is 18.3. The summed E-state index contributed by atoms with van der Waals surface area (Å²) < 4.78 is 5.68. The number of ether oxygens (including phenoxy) is 1. The average molecular weight is 372 g/mol. The lowest BCUT2D eigenvalue weighted by molar-refractivity contribution is -0.118. The van der Waals surface area contributed by atoms with Crippen LogP contribution in [-0.2, 0) is 17.6 Å². The molecule has 0 saturated carbocycles. The molecule has 0 radical (unpaired) electrons. The van der Waals surface area contributed by atoms with E-state index in [2.05, 4.69) is 23.2 Å². The molecule has 0 N–H and O–H groups in total. The highest BCUT2D eigenvalue weighted by atomic mass is 16.5. The number of hydrogen-bond donors (Lipinski definition) is 0. The van der Waals surface area contributed by atoms with Gasteiger partial charge in [0.1, 0.15) is 5.75 Å². The number of aromatic nitrogens is 1. The number of anilines is 1. The van der Waals surface area contributed by atoms with Crippen LogP contribution in [0.4, 0.5) is 5.69 Å². The zero-order valence-electron chi connectivity index (χ0n) is 16.1. The number of rotatable bonds is 6. The van der Waals surface area contributed by atoms with Gasteiger partial charge in [0.05, 0.1) is 6.61 Å². The third-order valence-corrected chi connectivity index (χ3v) is 5.17. The molecule has 0 atom stereocenters. The molecule has 1 aliphatic rings. The molecule has 0 spiro atoms. The molecule has 2 aromatic carbocycles. The summed E-state index contributed by atoms with van der Waals surface area (Å²) in [5.41, 5.74) is 5.68. The predicted molar refractivity (Wildman–Crippen MR) is 112 cm³/mol. The molecule has 0 saturated heterocycles. The molecule has 28 heavy (non-hydrogen) atoms. The van der Waals surface area contributed by atoms with Crippen molar-refractivity contribution in [1.82, 2.24) is 4.98 Å². The van der Waals surface area contributed by atoms with Gasteiger partial charge in [0.15, 0.2) is 0 Å². The van der Waals surface area contributed by atoms with E-state index in [0.29, 0.717) is 19.4 Å². The van der Waals surface area contributed by atoms with Gasteiger partial charge in [-0.1, -0.05) is 24.3 Å². The van der Waals surface area contributed by atoms with Gasteiger partial charge in [-0.2, -0.15) is 0 Å². The standard InChI is InChI=1S/C24H24N2O2/c1-2-28-23-6-4-3-5-19(23)8-10-24(27)26-16-13-21-17-20(7-9-22(21)26)18-11-14-25-15-12-18/h3-7,9,11-12,14-15,17H,2,8,10,13,16H2,1H3. The molecule has 1 amide bonds. The second-order valence-electron chi connectivity index (χ2n) is 6.92. The number of fused-ring (bicyclic) bond motifs is 1. The van der Waals surface area contributed by atoms with E-state index < -0.39 is 0 Å². The lowest BCUT2D eigenvalue weighted by Crippen LogP contribution is -2.29. The maximum absolute atomic E-state index is 12.9. The van der Waals surface area contributed by atoms with Crippen molar-refractivity contribution in [1.29, 1.82) is 0 Å². The average Bonchev–Trinajstić information content (AvgIpc) is 3.17. The number of benzene rings is 2. The lowest BCUT2D eigenvalue weighted by atomic mass is 10.0. The second-order valence-corrected chi connectivity index (χ2v) is 6.92. The SMILES string of the molecule is CCOc1ccccc1CCC(=O)N1CCc2cc(-c3ccncc3)ccc21. The Morgan fingerprint density at radius 1 is 1.07 bits per heavy atom. The summed E-state index contributed by atoms with van der Waals surface area (Å²) in [7, 11) is 0. The Kier molecular flexibility index (Phi) is 5.38. The molecule has 2 heterocycles. The molecule has 0 aliphatic carbocycles. The summed E-state index contributed by atoms with van der Waals surface area (Å²) in [4.78, 5) is 18.9. The summed E-state index contributed by atoms with van der Waals surface area (Å²) in [5.74, 6) is 1.04. The normalized spacial score (nSPS) is 12.7. The van der Waals surface area contributed by atoms with Crippen LogP contribution in [0, 0.1) is 0 Å². The van der Waals surface area contributed by atoms with Crippen LogP contribution in [0.2, 0.25) is 0 Å². The van der Waals surface area contributed by atoms with E-state index in [1.54, 1.807) is 12.4 Å². The van der Waals surface area contributed by atoms with Crippen LogP contribution in [0.1, 0.15) is 24.5 Å². The van der Waals surface area contributed by atoms with E-state index in [4.69, 9.17) is 4.74 Å². The zero-order chi connectivity index (χ0) is 19.3. The number of amides is 1. The lowest BCUT2D eigenvalue weighted by Gasteiger charge is -2.18. The number of nitrogens with zero attached hydrogens (tertiary/aromatic N) is 2. The summed E-state index contributed by atoms with van der Waals surface area (Å²) in [6.45, 7) is 3.36. The minimum absolute atomic E-state index is 0.168. The highest BCUT2D eigenvalue weighted by molar-refractivity contribution is 5.96. The third kappa shape index (κ3) is 3.77. The zero-order valence-corrected chi connectivity index (χ0v) is 16.1. The molecule has 142 valence electrons. The van der Waals surface area contributed by atoms with E-state index in [9.17, 15) is 4.79 Å². The molecule has 0 fully saturated rings. The first-order valence-electron chi connectivity index (χ1n) is 9.80. The van der Waals surface area contributed by atoms with E-state index in [0.717, 1.165) is 35.5 Å². The van der Waals surface area contributed by atoms with Crippen molar-refractivity contribution in [2.45, 2.75) is 26.2 Å². The van der Waals surface area contributed by atoms with Gasteiger partial charge in [0.25, 0.3) is 0 Å². The van der Waals surface area contributed by atoms with E-state index in [1.165, 1.54) is 11.1 Å². The van der Waals surface area contributed by atoms with Crippen molar-refractivity contribution in [3.8, 4) is 16.9 Å². The number of carbonyl (C=O) groups is 1. The van der Waals surface area contributed by atoms with E-state index in [-0.39, 0.29) is 5.91 Å². The number of carbonyl (C=O) groups excluding carboxylic acids is 1. The van der Waals surface area contributed by atoms with E-state index in [1.807, 2.05) is 48.2 Å². The molecular weight excluding hydrogens is 348 g/mol. The minimum atomic E-state index is 0.168.